The molecule has 0 spiro atoms. The van der Waals surface area contributed by atoms with Crippen LogP contribution in [0.5, 0.6) is 0 Å². The van der Waals surface area contributed by atoms with Crippen molar-refractivity contribution in [3.8, 4) is 0 Å². The SMILES string of the molecule is C[Si](C)(C)OCC(O[Si](C)(C)C)C(=O)O[Si](C)(C)C. The van der Waals surface area contributed by atoms with E-state index in [1.165, 1.54) is 0 Å². The van der Waals surface area contributed by atoms with Crippen LogP contribution < -0.4 is 0 Å². The Labute approximate surface area is 121 Å². The van der Waals surface area contributed by atoms with Crippen LogP contribution in [0.25, 0.3) is 0 Å². The Morgan fingerprint density at radius 3 is 1.63 bits per heavy atom. The van der Waals surface area contributed by atoms with Crippen LogP contribution in [0.4, 0.5) is 0 Å². The van der Waals surface area contributed by atoms with Gasteiger partial charge >= 0.3 is 5.97 Å². The fourth-order valence-corrected chi connectivity index (χ4v) is 3.67. The van der Waals surface area contributed by atoms with Crippen molar-refractivity contribution in [1.29, 1.82) is 0 Å². The molecule has 0 bridgehead atoms. The maximum Gasteiger partial charge on any atom is 0.323 e. The van der Waals surface area contributed by atoms with E-state index < -0.39 is 31.1 Å². The van der Waals surface area contributed by atoms with Crippen LogP contribution in [0, 0.1) is 0 Å². The largest absolute Gasteiger partial charge is 0.518 e. The Hall–Kier alpha value is 0.0406. The van der Waals surface area contributed by atoms with E-state index in [2.05, 4.69) is 39.3 Å². The predicted octanol–water partition coefficient (Wildman–Crippen LogP) is 3.44. The molecule has 0 aromatic heterocycles. The Bertz CT molecular complexity index is 300. The Morgan fingerprint density at radius 2 is 1.32 bits per heavy atom. The highest BCUT2D eigenvalue weighted by atomic mass is 28.4. The minimum atomic E-state index is -1.89. The first-order valence-corrected chi connectivity index (χ1v) is 17.0. The molecule has 0 radical (unpaired) electrons. The third kappa shape index (κ3) is 11.6. The van der Waals surface area contributed by atoms with E-state index in [0.29, 0.717) is 6.61 Å². The second-order valence-corrected chi connectivity index (χ2v) is 21.1. The molecule has 0 saturated carbocycles. The molecule has 0 aliphatic rings. The van der Waals surface area contributed by atoms with Gasteiger partial charge in [0.15, 0.2) is 22.7 Å². The van der Waals surface area contributed by atoms with Crippen LogP contribution in [0.15, 0.2) is 0 Å². The van der Waals surface area contributed by atoms with Gasteiger partial charge in [0.1, 0.15) is 0 Å². The summed E-state index contributed by atoms with van der Waals surface area (Å²) >= 11 is 0. The molecule has 1 atom stereocenters. The average Bonchev–Trinajstić information content (AvgIpc) is 2.05. The fourth-order valence-electron chi connectivity index (χ4n) is 1.27. The van der Waals surface area contributed by atoms with Crippen molar-refractivity contribution in [2.75, 3.05) is 6.61 Å². The minimum Gasteiger partial charge on any atom is -0.518 e. The van der Waals surface area contributed by atoms with E-state index in [-0.39, 0.29) is 5.97 Å². The van der Waals surface area contributed by atoms with Gasteiger partial charge in [-0.15, -0.1) is 0 Å². The van der Waals surface area contributed by atoms with Gasteiger partial charge < -0.3 is 13.3 Å². The molecule has 1 unspecified atom stereocenters. The lowest BCUT2D eigenvalue weighted by Crippen LogP contribution is -2.45. The number of hydrogen-bond acceptors (Lipinski definition) is 4. The smallest absolute Gasteiger partial charge is 0.323 e. The van der Waals surface area contributed by atoms with Gasteiger partial charge in [-0.05, 0) is 58.9 Å². The summed E-state index contributed by atoms with van der Waals surface area (Å²) in [5, 5.41) is 0. The molecule has 7 heteroatoms. The highest BCUT2D eigenvalue weighted by Gasteiger charge is 2.32. The van der Waals surface area contributed by atoms with Crippen LogP contribution in [0.2, 0.25) is 58.9 Å². The first-order valence-electron chi connectivity index (χ1n) is 6.74. The van der Waals surface area contributed by atoms with E-state index in [1.54, 1.807) is 0 Å². The zero-order valence-corrected chi connectivity index (χ0v) is 16.9. The molecular formula is C12H30O4Si3. The van der Waals surface area contributed by atoms with E-state index in [1.807, 2.05) is 19.6 Å². The normalized spacial score (nSPS) is 15.2. The highest BCUT2D eigenvalue weighted by Crippen LogP contribution is 2.14. The Kier molecular flexibility index (Phi) is 6.68. The molecule has 0 aromatic rings. The fraction of sp³-hybridized carbons (Fsp3) is 0.917. The van der Waals surface area contributed by atoms with Gasteiger partial charge in [-0.25, -0.2) is 0 Å². The van der Waals surface area contributed by atoms with Crippen LogP contribution in [-0.2, 0) is 18.1 Å². The minimum absolute atomic E-state index is 0.264. The maximum atomic E-state index is 12.2. The standard InChI is InChI=1S/C12H30O4Si3/c1-17(2,3)14-10-11(15-18(4,5)6)12(13)16-19(7,8)9/h11H,10H2,1-9H3. The second kappa shape index (κ2) is 6.66. The van der Waals surface area contributed by atoms with Crippen molar-refractivity contribution in [2.45, 2.75) is 65.0 Å². The van der Waals surface area contributed by atoms with Crippen molar-refractivity contribution in [3.63, 3.8) is 0 Å². The lowest BCUT2D eigenvalue weighted by Gasteiger charge is -2.29. The van der Waals surface area contributed by atoms with Crippen LogP contribution in [0.1, 0.15) is 0 Å². The van der Waals surface area contributed by atoms with Crippen LogP contribution in [-0.4, -0.2) is 43.6 Å². The Morgan fingerprint density at radius 1 is 0.842 bits per heavy atom. The van der Waals surface area contributed by atoms with Crippen molar-refractivity contribution in [3.05, 3.63) is 0 Å². The second-order valence-electron chi connectivity index (χ2n) is 7.68. The van der Waals surface area contributed by atoms with Crippen molar-refractivity contribution >= 4 is 30.9 Å². The number of rotatable bonds is 7. The summed E-state index contributed by atoms with van der Waals surface area (Å²) in [6.45, 7) is 18.8. The maximum absolute atomic E-state index is 12.2. The molecule has 0 fully saturated rings. The predicted molar refractivity (Wildman–Crippen MR) is 87.0 cm³/mol. The zero-order chi connectivity index (χ0) is 15.5. The molecule has 0 rings (SSSR count). The third-order valence-electron chi connectivity index (χ3n) is 1.83. The van der Waals surface area contributed by atoms with E-state index in [0.717, 1.165) is 0 Å². The summed E-state index contributed by atoms with van der Waals surface area (Å²) in [4.78, 5) is 12.2. The van der Waals surface area contributed by atoms with Crippen molar-refractivity contribution in [1.82, 2.24) is 0 Å². The number of carbonyl (C=O) groups is 1. The molecule has 0 heterocycles. The van der Waals surface area contributed by atoms with Crippen LogP contribution >= 0.6 is 0 Å². The summed E-state index contributed by atoms with van der Waals surface area (Å²) in [7, 11) is -5.36. The van der Waals surface area contributed by atoms with Gasteiger partial charge in [-0.2, -0.15) is 0 Å². The molecule has 0 N–H and O–H groups in total. The van der Waals surface area contributed by atoms with Gasteiger partial charge in [-0.1, -0.05) is 0 Å². The van der Waals surface area contributed by atoms with Gasteiger partial charge in [0.2, 0.25) is 8.32 Å². The number of carbonyl (C=O) groups excluding carboxylic acids is 1. The molecule has 0 aliphatic carbocycles. The van der Waals surface area contributed by atoms with E-state index in [9.17, 15) is 4.79 Å². The Balaban J connectivity index is 4.72. The van der Waals surface area contributed by atoms with E-state index in [4.69, 9.17) is 13.3 Å². The average molecular weight is 323 g/mol. The first kappa shape index (κ1) is 19.0. The molecule has 0 aliphatic heterocycles. The molecule has 0 amide bonds. The molecule has 4 nitrogen and oxygen atoms in total. The van der Waals surface area contributed by atoms with Crippen molar-refractivity contribution in [2.24, 2.45) is 0 Å². The molecular weight excluding hydrogens is 292 g/mol. The summed E-state index contributed by atoms with van der Waals surface area (Å²) in [6, 6.07) is 0. The molecule has 0 aromatic carbocycles. The van der Waals surface area contributed by atoms with Crippen molar-refractivity contribution < 1.29 is 18.1 Å². The third-order valence-corrected chi connectivity index (χ3v) is 4.67. The lowest BCUT2D eigenvalue weighted by molar-refractivity contribution is -0.145. The molecule has 114 valence electrons. The van der Waals surface area contributed by atoms with Gasteiger partial charge in [0.25, 0.3) is 0 Å². The van der Waals surface area contributed by atoms with Gasteiger partial charge in [0.05, 0.1) is 6.61 Å². The monoisotopic (exact) mass is 322 g/mol. The topological polar surface area (TPSA) is 44.8 Å². The quantitative estimate of drug-likeness (QED) is 0.674. The molecule has 0 saturated heterocycles. The zero-order valence-electron chi connectivity index (χ0n) is 13.9. The summed E-state index contributed by atoms with van der Waals surface area (Å²) in [6.07, 6.45) is -0.579. The van der Waals surface area contributed by atoms with Crippen LogP contribution in [0.3, 0.4) is 0 Å². The highest BCUT2D eigenvalue weighted by molar-refractivity contribution is 6.72. The molecule has 19 heavy (non-hydrogen) atoms. The summed E-state index contributed by atoms with van der Waals surface area (Å²) < 4.78 is 17.3. The van der Waals surface area contributed by atoms with Gasteiger partial charge in [0, 0.05) is 0 Å². The first-order chi connectivity index (χ1) is 8.20. The summed E-state index contributed by atoms with van der Waals surface area (Å²) in [5.41, 5.74) is 0. The number of hydrogen-bond donors (Lipinski definition) is 0. The lowest BCUT2D eigenvalue weighted by atomic mass is 10.4. The van der Waals surface area contributed by atoms with E-state index >= 15 is 0 Å². The van der Waals surface area contributed by atoms with Gasteiger partial charge in [-0.3, -0.25) is 4.79 Å². The summed E-state index contributed by atoms with van der Waals surface area (Å²) in [5.74, 6) is -0.264.